The monoisotopic (exact) mass is 455 g/mol. The molecule has 1 heterocycles. The molecule has 0 unspecified atom stereocenters. The summed E-state index contributed by atoms with van der Waals surface area (Å²) < 4.78 is 28.9. The van der Waals surface area contributed by atoms with Gasteiger partial charge in [0.05, 0.1) is 22.8 Å². The molecule has 2 amide bonds. The second-order valence-electron chi connectivity index (χ2n) is 7.21. The highest BCUT2D eigenvalue weighted by molar-refractivity contribution is 7.91. The van der Waals surface area contributed by atoms with Gasteiger partial charge in [0.1, 0.15) is 0 Å². The maximum Gasteiger partial charge on any atom is 0.260 e. The van der Waals surface area contributed by atoms with Crippen molar-refractivity contribution in [3.8, 4) is 0 Å². The number of hydrogen-bond acceptors (Lipinski definition) is 6. The van der Waals surface area contributed by atoms with E-state index in [1.165, 1.54) is 17.0 Å². The highest BCUT2D eigenvalue weighted by atomic mass is 32.2. The number of benzene rings is 2. The number of rotatable bonds is 8. The molecule has 3 aromatic rings. The van der Waals surface area contributed by atoms with Gasteiger partial charge in [-0.05, 0) is 55.8 Å². The lowest BCUT2D eigenvalue weighted by Gasteiger charge is -2.17. The Morgan fingerprint density at radius 3 is 2.22 bits per heavy atom. The van der Waals surface area contributed by atoms with Gasteiger partial charge in [0.25, 0.3) is 5.91 Å². The molecule has 0 saturated carbocycles. The molecule has 0 radical (unpaired) electrons. The third-order valence-corrected chi connectivity index (χ3v) is 6.64. The number of aryl methyl sites for hydroxylation is 1. The van der Waals surface area contributed by atoms with Gasteiger partial charge in [-0.25, -0.2) is 8.42 Å². The Labute approximate surface area is 187 Å². The van der Waals surface area contributed by atoms with Crippen molar-refractivity contribution in [2.75, 3.05) is 22.5 Å². The second kappa shape index (κ2) is 9.78. The summed E-state index contributed by atoms with van der Waals surface area (Å²) in [6, 6.07) is 14.6. The summed E-state index contributed by atoms with van der Waals surface area (Å²) in [5, 5.41) is 6.60. The number of aromatic nitrogens is 1. The number of anilines is 2. The maximum atomic E-state index is 12.8. The summed E-state index contributed by atoms with van der Waals surface area (Å²) in [7, 11) is -3.27. The topological polar surface area (TPSA) is 110 Å². The van der Waals surface area contributed by atoms with E-state index in [0.717, 1.165) is 0 Å². The predicted molar refractivity (Wildman–Crippen MR) is 122 cm³/mol. The quantitative estimate of drug-likeness (QED) is 0.556. The SMILES string of the molecule is CCN(C(=O)c1ccc(NC(=O)Cc2ccc(S(=O)(=O)CC)cc2)cc1)c1cc(C)no1. The van der Waals surface area contributed by atoms with E-state index in [4.69, 9.17) is 4.52 Å². The zero-order valence-corrected chi connectivity index (χ0v) is 19.0. The zero-order valence-electron chi connectivity index (χ0n) is 18.2. The minimum Gasteiger partial charge on any atom is -0.338 e. The number of carbonyl (C=O) groups excluding carboxylic acids is 2. The molecule has 0 saturated heterocycles. The first-order chi connectivity index (χ1) is 15.2. The van der Waals surface area contributed by atoms with Gasteiger partial charge in [-0.2, -0.15) is 0 Å². The van der Waals surface area contributed by atoms with Gasteiger partial charge < -0.3 is 9.84 Å². The normalized spacial score (nSPS) is 11.2. The van der Waals surface area contributed by atoms with Crippen LogP contribution in [-0.2, 0) is 21.1 Å². The molecule has 1 aromatic heterocycles. The van der Waals surface area contributed by atoms with Crippen LogP contribution >= 0.6 is 0 Å². The number of hydrogen-bond donors (Lipinski definition) is 1. The highest BCUT2D eigenvalue weighted by Crippen LogP contribution is 2.20. The third kappa shape index (κ3) is 5.42. The highest BCUT2D eigenvalue weighted by Gasteiger charge is 2.20. The van der Waals surface area contributed by atoms with Crippen LogP contribution in [0, 0.1) is 6.92 Å². The summed E-state index contributed by atoms with van der Waals surface area (Å²) in [4.78, 5) is 26.9. The number of carbonyl (C=O) groups is 2. The van der Waals surface area contributed by atoms with Crippen molar-refractivity contribution < 1.29 is 22.5 Å². The molecule has 9 heteroatoms. The van der Waals surface area contributed by atoms with E-state index in [0.29, 0.717) is 34.9 Å². The van der Waals surface area contributed by atoms with Crippen LogP contribution in [-0.4, -0.2) is 37.7 Å². The van der Waals surface area contributed by atoms with Crippen molar-refractivity contribution in [1.29, 1.82) is 0 Å². The molecule has 3 rings (SSSR count). The molecule has 0 fully saturated rings. The number of nitrogens with one attached hydrogen (secondary N) is 1. The van der Waals surface area contributed by atoms with Gasteiger partial charge in [0.15, 0.2) is 9.84 Å². The van der Waals surface area contributed by atoms with Crippen LogP contribution in [0.2, 0.25) is 0 Å². The van der Waals surface area contributed by atoms with Crippen LogP contribution in [0.3, 0.4) is 0 Å². The smallest absolute Gasteiger partial charge is 0.260 e. The van der Waals surface area contributed by atoms with Crippen molar-refractivity contribution in [2.24, 2.45) is 0 Å². The van der Waals surface area contributed by atoms with Crippen molar-refractivity contribution >= 4 is 33.2 Å². The van der Waals surface area contributed by atoms with E-state index < -0.39 is 9.84 Å². The molecule has 0 atom stereocenters. The minimum atomic E-state index is -3.27. The lowest BCUT2D eigenvalue weighted by molar-refractivity contribution is -0.115. The first-order valence-corrected chi connectivity index (χ1v) is 11.9. The van der Waals surface area contributed by atoms with Gasteiger partial charge in [-0.1, -0.05) is 24.2 Å². The first kappa shape index (κ1) is 23.2. The maximum absolute atomic E-state index is 12.8. The minimum absolute atomic E-state index is 0.0272. The van der Waals surface area contributed by atoms with E-state index in [1.807, 2.05) is 6.92 Å². The van der Waals surface area contributed by atoms with Gasteiger partial charge in [0, 0.05) is 23.9 Å². The van der Waals surface area contributed by atoms with Crippen molar-refractivity contribution in [3.05, 3.63) is 71.4 Å². The first-order valence-electron chi connectivity index (χ1n) is 10.2. The van der Waals surface area contributed by atoms with Crippen molar-refractivity contribution in [3.63, 3.8) is 0 Å². The average molecular weight is 456 g/mol. The Morgan fingerprint density at radius 2 is 1.69 bits per heavy atom. The predicted octanol–water partition coefficient (Wildman–Crippen LogP) is 3.62. The summed E-state index contributed by atoms with van der Waals surface area (Å²) >= 11 is 0. The molecule has 168 valence electrons. The van der Waals surface area contributed by atoms with Crippen LogP contribution in [0.4, 0.5) is 11.6 Å². The van der Waals surface area contributed by atoms with Crippen LogP contribution < -0.4 is 10.2 Å². The van der Waals surface area contributed by atoms with E-state index >= 15 is 0 Å². The van der Waals surface area contributed by atoms with Gasteiger partial charge in [-0.15, -0.1) is 0 Å². The van der Waals surface area contributed by atoms with Gasteiger partial charge in [-0.3, -0.25) is 14.5 Å². The zero-order chi connectivity index (χ0) is 23.3. The van der Waals surface area contributed by atoms with Gasteiger partial charge in [0.2, 0.25) is 11.8 Å². The second-order valence-corrected chi connectivity index (χ2v) is 9.48. The summed E-state index contributed by atoms with van der Waals surface area (Å²) in [5.41, 5.74) is 2.39. The fraction of sp³-hybridized carbons (Fsp3) is 0.261. The fourth-order valence-electron chi connectivity index (χ4n) is 3.10. The molecular formula is C23H25N3O5S. The average Bonchev–Trinajstić information content (AvgIpc) is 3.20. The molecule has 0 spiro atoms. The van der Waals surface area contributed by atoms with Crippen LogP contribution in [0.5, 0.6) is 0 Å². The Hall–Kier alpha value is -3.46. The fourth-order valence-corrected chi connectivity index (χ4v) is 3.98. The molecule has 0 aliphatic carbocycles. The standard InChI is InChI=1S/C23H25N3O5S/c1-4-26(22-14-16(3)25-31-22)23(28)18-8-10-19(11-9-18)24-21(27)15-17-6-12-20(13-7-17)32(29,30)5-2/h6-14H,4-5,15H2,1-3H3,(H,24,27). The molecular weight excluding hydrogens is 430 g/mol. The molecule has 2 aromatic carbocycles. The third-order valence-electron chi connectivity index (χ3n) is 4.89. The van der Waals surface area contributed by atoms with Crippen LogP contribution in [0.15, 0.2) is 64.0 Å². The lowest BCUT2D eigenvalue weighted by atomic mass is 10.1. The van der Waals surface area contributed by atoms with E-state index in [-0.39, 0.29) is 28.9 Å². The van der Waals surface area contributed by atoms with Gasteiger partial charge >= 0.3 is 0 Å². The Bertz CT molecular complexity index is 1200. The molecule has 32 heavy (non-hydrogen) atoms. The van der Waals surface area contributed by atoms with Crippen molar-refractivity contribution in [1.82, 2.24) is 5.16 Å². The molecule has 0 aliphatic heterocycles. The number of sulfone groups is 1. The van der Waals surface area contributed by atoms with E-state index in [2.05, 4.69) is 10.5 Å². The molecule has 1 N–H and O–H groups in total. The van der Waals surface area contributed by atoms with Crippen molar-refractivity contribution in [2.45, 2.75) is 32.1 Å². The Morgan fingerprint density at radius 1 is 1.03 bits per heavy atom. The summed E-state index contributed by atoms with van der Waals surface area (Å²) in [6.07, 6.45) is 0.0988. The summed E-state index contributed by atoms with van der Waals surface area (Å²) in [5.74, 6) is -0.0735. The number of amides is 2. The number of nitrogens with zero attached hydrogens (tertiary/aromatic N) is 2. The molecule has 0 bridgehead atoms. The molecule has 0 aliphatic rings. The summed E-state index contributed by atoms with van der Waals surface area (Å²) in [6.45, 7) is 5.63. The largest absolute Gasteiger partial charge is 0.338 e. The Balaban J connectivity index is 1.62. The molecule has 8 nitrogen and oxygen atoms in total. The lowest BCUT2D eigenvalue weighted by Crippen LogP contribution is -2.30. The van der Waals surface area contributed by atoms with E-state index in [9.17, 15) is 18.0 Å². The van der Waals surface area contributed by atoms with E-state index in [1.54, 1.807) is 56.3 Å². The van der Waals surface area contributed by atoms with Crippen LogP contribution in [0.25, 0.3) is 0 Å². The Kier molecular flexibility index (Phi) is 7.09. The van der Waals surface area contributed by atoms with Crippen LogP contribution in [0.1, 0.15) is 35.5 Å².